The summed E-state index contributed by atoms with van der Waals surface area (Å²) >= 11 is 0. The fraction of sp³-hybridized carbons (Fsp3) is 0.259. The summed E-state index contributed by atoms with van der Waals surface area (Å²) in [5.74, 6) is 0.0195. The number of carbonyl (C=O) groups is 1. The summed E-state index contributed by atoms with van der Waals surface area (Å²) in [6.45, 7) is 1.59. The van der Waals surface area contributed by atoms with E-state index in [-0.39, 0.29) is 18.0 Å². The number of H-pyrrole nitrogens is 1. The Hall–Kier alpha value is -4.11. The largest absolute Gasteiger partial charge is 0.463 e. The van der Waals surface area contributed by atoms with Crippen LogP contribution >= 0.6 is 0 Å². The van der Waals surface area contributed by atoms with E-state index in [2.05, 4.69) is 25.8 Å². The molecule has 0 saturated heterocycles. The van der Waals surface area contributed by atoms with E-state index in [0.717, 1.165) is 11.1 Å². The van der Waals surface area contributed by atoms with Gasteiger partial charge in [-0.1, -0.05) is 55.5 Å². The van der Waals surface area contributed by atoms with Gasteiger partial charge < -0.3 is 15.0 Å². The lowest BCUT2D eigenvalue weighted by Gasteiger charge is -2.28. The number of nitrogens with one attached hydrogen (secondary N) is 3. The Labute approximate surface area is 208 Å². The number of nitrogens with zero attached hydrogens (tertiary/aromatic N) is 2. The van der Waals surface area contributed by atoms with E-state index in [1.165, 1.54) is 0 Å². The van der Waals surface area contributed by atoms with Crippen molar-refractivity contribution in [2.75, 3.05) is 13.4 Å². The maximum Gasteiger partial charge on any atom is 0.269 e. The van der Waals surface area contributed by atoms with Crippen molar-refractivity contribution in [2.24, 2.45) is 10.2 Å². The third kappa shape index (κ3) is 5.58. The number of aromatic nitrogens is 1. The standard InChI is InChI=1S/C27H28FN5O3/c1-2-31-27(26(35)30-16-22-6-3-4-8-24(22)36-18-28)23(17-32-33-27)15-20-11-9-19(10-12-20)14-21-7-5-13-29-25(21)34/h3-13,17,31H,2,14-16,18H2,1H3,(H,29,34)(H,30,35). The third-order valence-electron chi connectivity index (χ3n) is 5.98. The smallest absolute Gasteiger partial charge is 0.269 e. The molecule has 2 aromatic carbocycles. The fourth-order valence-electron chi connectivity index (χ4n) is 4.16. The summed E-state index contributed by atoms with van der Waals surface area (Å²) in [5, 5.41) is 14.4. The highest BCUT2D eigenvalue weighted by molar-refractivity contribution is 5.90. The molecule has 1 amide bonds. The van der Waals surface area contributed by atoms with Gasteiger partial charge in [-0.2, -0.15) is 10.2 Å². The van der Waals surface area contributed by atoms with Gasteiger partial charge in [0.2, 0.25) is 12.5 Å². The molecule has 0 spiro atoms. The second-order valence-corrected chi connectivity index (χ2v) is 8.35. The molecule has 8 nitrogen and oxygen atoms in total. The number of rotatable bonds is 11. The lowest BCUT2D eigenvalue weighted by Crippen LogP contribution is -2.56. The Morgan fingerprint density at radius 1 is 1.03 bits per heavy atom. The molecule has 3 N–H and O–H groups in total. The molecule has 0 saturated carbocycles. The zero-order valence-corrected chi connectivity index (χ0v) is 20.0. The predicted molar refractivity (Wildman–Crippen MR) is 134 cm³/mol. The lowest BCUT2D eigenvalue weighted by molar-refractivity contribution is -0.126. The highest BCUT2D eigenvalue weighted by atomic mass is 19.1. The van der Waals surface area contributed by atoms with E-state index < -0.39 is 12.5 Å². The topological polar surface area (TPSA) is 108 Å². The van der Waals surface area contributed by atoms with Crippen LogP contribution in [0.3, 0.4) is 0 Å². The molecular weight excluding hydrogens is 461 g/mol. The summed E-state index contributed by atoms with van der Waals surface area (Å²) in [6.07, 6.45) is 4.21. The molecule has 36 heavy (non-hydrogen) atoms. The number of benzene rings is 2. The van der Waals surface area contributed by atoms with Gasteiger partial charge in [0.15, 0.2) is 0 Å². The van der Waals surface area contributed by atoms with Gasteiger partial charge in [-0.05, 0) is 36.2 Å². The van der Waals surface area contributed by atoms with Gasteiger partial charge in [0.1, 0.15) is 5.75 Å². The van der Waals surface area contributed by atoms with E-state index >= 15 is 0 Å². The Balaban J connectivity index is 1.46. The minimum absolute atomic E-state index is 0.0961. The van der Waals surface area contributed by atoms with Crippen molar-refractivity contribution >= 4 is 5.91 Å². The van der Waals surface area contributed by atoms with Gasteiger partial charge in [-0.15, -0.1) is 0 Å². The molecular formula is C27H28FN5O3. The molecule has 1 aliphatic heterocycles. The van der Waals surface area contributed by atoms with Crippen LogP contribution in [-0.4, -0.2) is 30.0 Å². The van der Waals surface area contributed by atoms with Crippen LogP contribution in [0, 0.1) is 0 Å². The average Bonchev–Trinajstić information content (AvgIpc) is 3.29. The zero-order valence-electron chi connectivity index (χ0n) is 20.0. The number of azo groups is 1. The molecule has 186 valence electrons. The first-order valence-electron chi connectivity index (χ1n) is 11.7. The maximum atomic E-state index is 13.4. The van der Waals surface area contributed by atoms with Crippen molar-refractivity contribution in [3.8, 4) is 5.75 Å². The summed E-state index contributed by atoms with van der Waals surface area (Å²) < 4.78 is 17.7. The molecule has 4 rings (SSSR count). The number of likely N-dealkylation sites (N-methyl/N-ethyl adjacent to an activating group) is 1. The maximum absolute atomic E-state index is 13.4. The number of carbonyl (C=O) groups excluding carboxylic acids is 1. The quantitative estimate of drug-likeness (QED) is 0.381. The first-order chi connectivity index (χ1) is 17.6. The first-order valence-corrected chi connectivity index (χ1v) is 11.7. The van der Waals surface area contributed by atoms with Gasteiger partial charge in [0, 0.05) is 35.9 Å². The van der Waals surface area contributed by atoms with Crippen LogP contribution in [-0.2, 0) is 24.2 Å². The highest BCUT2D eigenvalue weighted by Crippen LogP contribution is 2.29. The highest BCUT2D eigenvalue weighted by Gasteiger charge is 2.44. The second kappa shape index (κ2) is 11.5. The van der Waals surface area contributed by atoms with Gasteiger partial charge >= 0.3 is 0 Å². The van der Waals surface area contributed by atoms with Crippen LogP contribution in [0.2, 0.25) is 0 Å². The number of hydrogen-bond donors (Lipinski definition) is 3. The lowest BCUT2D eigenvalue weighted by atomic mass is 9.92. The SMILES string of the molecule is CCNC1(C(=O)NCc2ccccc2OCF)N=NC=C1Cc1ccc(Cc2ccc[nH]c2=O)cc1. The second-order valence-electron chi connectivity index (χ2n) is 8.35. The minimum Gasteiger partial charge on any atom is -0.463 e. The Bertz CT molecular complexity index is 1320. The molecule has 3 aromatic rings. The van der Waals surface area contributed by atoms with Crippen molar-refractivity contribution in [2.45, 2.75) is 32.0 Å². The molecule has 1 atom stereocenters. The molecule has 1 aliphatic rings. The number of aromatic amines is 1. The van der Waals surface area contributed by atoms with Crippen molar-refractivity contribution in [3.05, 3.63) is 111 Å². The first kappa shape index (κ1) is 25.0. The number of pyridine rings is 1. The monoisotopic (exact) mass is 489 g/mol. The van der Waals surface area contributed by atoms with E-state index in [4.69, 9.17) is 4.74 Å². The van der Waals surface area contributed by atoms with Crippen LogP contribution in [0.25, 0.3) is 0 Å². The normalized spacial score (nSPS) is 16.6. The number of amides is 1. The van der Waals surface area contributed by atoms with E-state index in [1.54, 1.807) is 36.7 Å². The Morgan fingerprint density at radius 3 is 2.47 bits per heavy atom. The molecule has 0 fully saturated rings. The van der Waals surface area contributed by atoms with E-state index in [0.29, 0.717) is 41.8 Å². The van der Waals surface area contributed by atoms with Crippen LogP contribution in [0.1, 0.15) is 29.2 Å². The van der Waals surface area contributed by atoms with E-state index in [9.17, 15) is 14.0 Å². The van der Waals surface area contributed by atoms with Crippen molar-refractivity contribution in [3.63, 3.8) is 0 Å². The molecule has 2 heterocycles. The Kier molecular flexibility index (Phi) is 8.02. The van der Waals surface area contributed by atoms with Crippen LogP contribution in [0.5, 0.6) is 5.75 Å². The van der Waals surface area contributed by atoms with Crippen LogP contribution in [0.4, 0.5) is 4.39 Å². The van der Waals surface area contributed by atoms with Crippen molar-refractivity contribution in [1.82, 2.24) is 15.6 Å². The third-order valence-corrected chi connectivity index (χ3v) is 5.98. The number of halogens is 1. The average molecular weight is 490 g/mol. The summed E-state index contributed by atoms with van der Waals surface area (Å²) in [6, 6.07) is 18.5. The Morgan fingerprint density at radius 2 is 1.75 bits per heavy atom. The molecule has 1 unspecified atom stereocenters. The minimum atomic E-state index is -1.33. The van der Waals surface area contributed by atoms with Crippen LogP contribution < -0.4 is 20.9 Å². The number of alkyl halides is 1. The summed E-state index contributed by atoms with van der Waals surface area (Å²) in [5.41, 5.74) is 2.63. The van der Waals surface area contributed by atoms with Gasteiger partial charge in [0.25, 0.3) is 11.5 Å². The number of para-hydroxylation sites is 1. The fourth-order valence-corrected chi connectivity index (χ4v) is 4.16. The summed E-state index contributed by atoms with van der Waals surface area (Å²) in [7, 11) is 0. The van der Waals surface area contributed by atoms with Gasteiger partial charge in [0.05, 0.1) is 6.20 Å². The van der Waals surface area contributed by atoms with Crippen molar-refractivity contribution in [1.29, 1.82) is 0 Å². The van der Waals surface area contributed by atoms with E-state index in [1.807, 2.05) is 43.3 Å². The molecule has 1 aromatic heterocycles. The molecule has 9 heteroatoms. The predicted octanol–water partition coefficient (Wildman–Crippen LogP) is 3.79. The molecule has 0 radical (unpaired) electrons. The number of hydrogen-bond acceptors (Lipinski definition) is 6. The van der Waals surface area contributed by atoms with Gasteiger partial charge in [-0.25, -0.2) is 4.39 Å². The number of ether oxygens (including phenoxy) is 1. The van der Waals surface area contributed by atoms with Crippen molar-refractivity contribution < 1.29 is 13.9 Å². The van der Waals surface area contributed by atoms with Crippen LogP contribution in [0.15, 0.2) is 93.7 Å². The molecule has 0 bridgehead atoms. The van der Waals surface area contributed by atoms with Gasteiger partial charge in [-0.3, -0.25) is 14.9 Å². The molecule has 0 aliphatic carbocycles. The summed E-state index contributed by atoms with van der Waals surface area (Å²) in [4.78, 5) is 28.0. The zero-order chi connectivity index (χ0) is 25.4.